The number of amides is 2. The Morgan fingerprint density at radius 2 is 1.65 bits per heavy atom. The van der Waals surface area contributed by atoms with Crippen molar-refractivity contribution >= 4 is 17.8 Å². The molecule has 0 saturated carbocycles. The van der Waals surface area contributed by atoms with Crippen molar-refractivity contribution in [3.63, 3.8) is 0 Å². The van der Waals surface area contributed by atoms with E-state index in [1.165, 1.54) is 0 Å². The number of unbranched alkanes of at least 4 members (excludes halogenated alkanes) is 1. The fourth-order valence-electron chi connectivity index (χ4n) is 2.45. The molecule has 1 saturated heterocycles. The van der Waals surface area contributed by atoms with Crippen molar-refractivity contribution in [1.29, 1.82) is 0 Å². The monoisotopic (exact) mass is 284 g/mol. The fraction of sp³-hybridized carbons (Fsp3) is 0.786. The van der Waals surface area contributed by atoms with Crippen LogP contribution in [0, 0.1) is 5.92 Å². The molecule has 1 aliphatic heterocycles. The van der Waals surface area contributed by atoms with Gasteiger partial charge in [0.25, 0.3) is 0 Å². The summed E-state index contributed by atoms with van der Waals surface area (Å²) >= 11 is 0. The molecule has 1 heterocycles. The Balaban J connectivity index is 2.25. The van der Waals surface area contributed by atoms with E-state index in [9.17, 15) is 14.4 Å². The van der Waals surface area contributed by atoms with Gasteiger partial charge in [-0.1, -0.05) is 0 Å². The predicted molar refractivity (Wildman–Crippen MR) is 74.1 cm³/mol. The lowest BCUT2D eigenvalue weighted by molar-refractivity contribution is -0.139. The van der Waals surface area contributed by atoms with Crippen LogP contribution in [-0.2, 0) is 14.4 Å². The zero-order valence-corrected chi connectivity index (χ0v) is 12.3. The lowest BCUT2D eigenvalue weighted by Gasteiger charge is -2.32. The van der Waals surface area contributed by atoms with Gasteiger partial charge in [-0.15, -0.1) is 0 Å². The normalized spacial score (nSPS) is 16.0. The number of rotatable bonds is 6. The Kier molecular flexibility index (Phi) is 6.48. The number of hydrogen-bond acceptors (Lipinski definition) is 3. The summed E-state index contributed by atoms with van der Waals surface area (Å²) in [6.45, 7) is 1.25. The van der Waals surface area contributed by atoms with Gasteiger partial charge < -0.3 is 14.9 Å². The standard InChI is InChI=1S/C14H24N2O4/c1-15(2)14(20)11-7-9-16(10-8-11)12(17)5-3-4-6-13(18)19/h11H,3-10H2,1-2H3,(H,18,19). The van der Waals surface area contributed by atoms with E-state index in [1.54, 1.807) is 23.9 Å². The molecule has 1 fully saturated rings. The average molecular weight is 284 g/mol. The molecule has 0 bridgehead atoms. The molecular weight excluding hydrogens is 260 g/mol. The van der Waals surface area contributed by atoms with Crippen molar-refractivity contribution in [2.75, 3.05) is 27.2 Å². The van der Waals surface area contributed by atoms with E-state index in [-0.39, 0.29) is 24.2 Å². The third kappa shape index (κ3) is 5.19. The molecule has 1 N–H and O–H groups in total. The zero-order valence-electron chi connectivity index (χ0n) is 12.3. The van der Waals surface area contributed by atoms with Gasteiger partial charge in [-0.25, -0.2) is 0 Å². The highest BCUT2D eigenvalue weighted by atomic mass is 16.4. The lowest BCUT2D eigenvalue weighted by atomic mass is 9.95. The Hall–Kier alpha value is -1.59. The highest BCUT2D eigenvalue weighted by molar-refractivity contribution is 5.79. The summed E-state index contributed by atoms with van der Waals surface area (Å²) in [6, 6.07) is 0. The van der Waals surface area contributed by atoms with Crippen LogP contribution in [0.15, 0.2) is 0 Å². The van der Waals surface area contributed by atoms with E-state index in [1.807, 2.05) is 0 Å². The Morgan fingerprint density at radius 3 is 2.15 bits per heavy atom. The molecule has 0 atom stereocenters. The second-order valence-electron chi connectivity index (χ2n) is 5.49. The number of carboxylic acid groups (broad SMARTS) is 1. The molecule has 0 aromatic rings. The number of piperidine rings is 1. The minimum Gasteiger partial charge on any atom is -0.481 e. The molecule has 1 aliphatic rings. The number of carboxylic acids is 1. The van der Waals surface area contributed by atoms with Crippen molar-refractivity contribution in [2.24, 2.45) is 5.92 Å². The Morgan fingerprint density at radius 1 is 1.10 bits per heavy atom. The molecule has 0 aromatic carbocycles. The third-order valence-corrected chi connectivity index (χ3v) is 3.67. The molecule has 0 aliphatic carbocycles. The first-order chi connectivity index (χ1) is 9.41. The molecule has 0 aromatic heterocycles. The summed E-state index contributed by atoms with van der Waals surface area (Å²) < 4.78 is 0. The van der Waals surface area contributed by atoms with E-state index >= 15 is 0 Å². The number of likely N-dealkylation sites (tertiary alicyclic amines) is 1. The number of hydrogen-bond donors (Lipinski definition) is 1. The second-order valence-corrected chi connectivity index (χ2v) is 5.49. The van der Waals surface area contributed by atoms with Crippen molar-refractivity contribution in [2.45, 2.75) is 38.5 Å². The summed E-state index contributed by atoms with van der Waals surface area (Å²) in [4.78, 5) is 37.5. The maximum atomic E-state index is 11.9. The van der Waals surface area contributed by atoms with Gasteiger partial charge in [-0.05, 0) is 25.7 Å². The summed E-state index contributed by atoms with van der Waals surface area (Å²) in [5.74, 6) is -0.578. The van der Waals surface area contributed by atoms with Gasteiger partial charge >= 0.3 is 5.97 Å². The van der Waals surface area contributed by atoms with Gasteiger partial charge in [0.1, 0.15) is 0 Å². The van der Waals surface area contributed by atoms with E-state index < -0.39 is 5.97 Å². The zero-order chi connectivity index (χ0) is 15.1. The molecule has 0 spiro atoms. The summed E-state index contributed by atoms with van der Waals surface area (Å²) in [5.41, 5.74) is 0. The predicted octanol–water partition coefficient (Wildman–Crippen LogP) is 0.958. The van der Waals surface area contributed by atoms with E-state index in [0.717, 1.165) is 12.8 Å². The van der Waals surface area contributed by atoms with Crippen LogP contribution >= 0.6 is 0 Å². The Labute approximate surface area is 119 Å². The van der Waals surface area contributed by atoms with Crippen molar-refractivity contribution in [3.05, 3.63) is 0 Å². The molecular formula is C14H24N2O4. The lowest BCUT2D eigenvalue weighted by Crippen LogP contribution is -2.42. The van der Waals surface area contributed by atoms with Crippen LogP contribution in [0.2, 0.25) is 0 Å². The maximum absolute atomic E-state index is 11.9. The maximum Gasteiger partial charge on any atom is 0.303 e. The molecule has 0 radical (unpaired) electrons. The highest BCUT2D eigenvalue weighted by Gasteiger charge is 2.27. The van der Waals surface area contributed by atoms with Crippen molar-refractivity contribution < 1.29 is 19.5 Å². The van der Waals surface area contributed by atoms with Gasteiger partial charge in [0.2, 0.25) is 11.8 Å². The fourth-order valence-corrected chi connectivity index (χ4v) is 2.45. The van der Waals surface area contributed by atoms with Crippen LogP contribution in [0.3, 0.4) is 0 Å². The number of carbonyl (C=O) groups excluding carboxylic acids is 2. The molecule has 6 heteroatoms. The van der Waals surface area contributed by atoms with Gasteiger partial charge in [-0.3, -0.25) is 14.4 Å². The van der Waals surface area contributed by atoms with Gasteiger partial charge in [0.15, 0.2) is 0 Å². The summed E-state index contributed by atoms with van der Waals surface area (Å²) in [5, 5.41) is 8.52. The molecule has 20 heavy (non-hydrogen) atoms. The van der Waals surface area contributed by atoms with E-state index in [4.69, 9.17) is 5.11 Å². The Bertz CT molecular complexity index is 360. The van der Waals surface area contributed by atoms with Crippen LogP contribution in [0.4, 0.5) is 0 Å². The van der Waals surface area contributed by atoms with Gasteiger partial charge in [-0.2, -0.15) is 0 Å². The first-order valence-corrected chi connectivity index (χ1v) is 7.12. The number of carbonyl (C=O) groups is 3. The average Bonchev–Trinajstić information content (AvgIpc) is 2.42. The van der Waals surface area contributed by atoms with Crippen molar-refractivity contribution in [1.82, 2.24) is 9.80 Å². The first-order valence-electron chi connectivity index (χ1n) is 7.12. The van der Waals surface area contributed by atoms with Crippen LogP contribution in [0.1, 0.15) is 38.5 Å². The van der Waals surface area contributed by atoms with Crippen LogP contribution in [0.25, 0.3) is 0 Å². The van der Waals surface area contributed by atoms with Crippen LogP contribution in [-0.4, -0.2) is 59.9 Å². The van der Waals surface area contributed by atoms with Crippen molar-refractivity contribution in [3.8, 4) is 0 Å². The SMILES string of the molecule is CN(C)C(=O)C1CCN(C(=O)CCCCC(=O)O)CC1. The highest BCUT2D eigenvalue weighted by Crippen LogP contribution is 2.19. The molecule has 114 valence electrons. The first kappa shape index (κ1) is 16.5. The molecule has 0 unspecified atom stereocenters. The minimum absolute atomic E-state index is 0.0288. The smallest absolute Gasteiger partial charge is 0.303 e. The van der Waals surface area contributed by atoms with E-state index in [2.05, 4.69) is 0 Å². The number of nitrogens with zero attached hydrogens (tertiary/aromatic N) is 2. The number of aliphatic carboxylic acids is 1. The van der Waals surface area contributed by atoms with Gasteiger partial charge in [0, 0.05) is 45.9 Å². The molecule has 2 amide bonds. The minimum atomic E-state index is -0.819. The topological polar surface area (TPSA) is 77.9 Å². The summed E-state index contributed by atoms with van der Waals surface area (Å²) in [6.07, 6.45) is 3.11. The third-order valence-electron chi connectivity index (χ3n) is 3.67. The molecule has 6 nitrogen and oxygen atoms in total. The largest absolute Gasteiger partial charge is 0.481 e. The summed E-state index contributed by atoms with van der Waals surface area (Å²) in [7, 11) is 3.50. The van der Waals surface area contributed by atoms with Crippen LogP contribution in [0.5, 0.6) is 0 Å². The quantitative estimate of drug-likeness (QED) is 0.737. The van der Waals surface area contributed by atoms with Gasteiger partial charge in [0.05, 0.1) is 0 Å². The molecule has 1 rings (SSSR count). The van der Waals surface area contributed by atoms with Crippen LogP contribution < -0.4 is 0 Å². The second kappa shape index (κ2) is 7.87. The van der Waals surface area contributed by atoms with E-state index in [0.29, 0.717) is 32.4 Å².